The van der Waals surface area contributed by atoms with Gasteiger partial charge in [-0.15, -0.1) is 0 Å². The number of ether oxygens (including phenoxy) is 3. The molecule has 1 aliphatic rings. The molecule has 1 fully saturated rings. The van der Waals surface area contributed by atoms with Crippen LogP contribution in [0.2, 0.25) is 0 Å². The van der Waals surface area contributed by atoms with Crippen LogP contribution in [0.5, 0.6) is 0 Å². The second kappa shape index (κ2) is 18.7. The van der Waals surface area contributed by atoms with Gasteiger partial charge >= 0.3 is 0 Å². The first-order valence-electron chi connectivity index (χ1n) is 11.9. The van der Waals surface area contributed by atoms with Crippen LogP contribution in [0.25, 0.3) is 0 Å². The summed E-state index contributed by atoms with van der Waals surface area (Å²) in [5, 5.41) is 38.6. The normalized spacial score (nSPS) is 26.9. The van der Waals surface area contributed by atoms with E-state index in [4.69, 9.17) is 19.3 Å². The number of unbranched alkanes of at least 4 members (excludes halogenated alkanes) is 8. The van der Waals surface area contributed by atoms with Gasteiger partial charge in [-0.3, -0.25) is 0 Å². The van der Waals surface area contributed by atoms with Gasteiger partial charge in [0.2, 0.25) is 0 Å². The molecule has 7 nitrogen and oxygen atoms in total. The molecule has 0 aromatic rings. The van der Waals surface area contributed by atoms with Crippen molar-refractivity contribution in [3.8, 4) is 0 Å². The van der Waals surface area contributed by atoms with Crippen LogP contribution in [-0.4, -0.2) is 71.1 Å². The van der Waals surface area contributed by atoms with E-state index in [9.17, 15) is 15.3 Å². The van der Waals surface area contributed by atoms with E-state index >= 15 is 0 Å². The monoisotopic (exact) mass is 444 g/mol. The summed E-state index contributed by atoms with van der Waals surface area (Å²) >= 11 is 0. The fraction of sp³-hybridized carbons (Fsp3) is 0.833. The van der Waals surface area contributed by atoms with Crippen molar-refractivity contribution < 1.29 is 34.6 Å². The zero-order chi connectivity index (χ0) is 22.7. The highest BCUT2D eigenvalue weighted by molar-refractivity contribution is 4.92. The average molecular weight is 445 g/mol. The third-order valence-electron chi connectivity index (χ3n) is 5.42. The van der Waals surface area contributed by atoms with E-state index in [0.717, 1.165) is 32.1 Å². The van der Waals surface area contributed by atoms with Gasteiger partial charge in [-0.05, 0) is 38.5 Å². The summed E-state index contributed by atoms with van der Waals surface area (Å²) in [7, 11) is 0. The molecule has 1 rings (SSSR count). The Kier molecular flexibility index (Phi) is 17.1. The van der Waals surface area contributed by atoms with E-state index in [1.54, 1.807) is 0 Å². The van der Waals surface area contributed by atoms with E-state index in [-0.39, 0.29) is 6.79 Å². The summed E-state index contributed by atoms with van der Waals surface area (Å²) < 4.78 is 15.7. The van der Waals surface area contributed by atoms with Crippen molar-refractivity contribution in [2.75, 3.05) is 20.0 Å². The molecule has 0 aliphatic carbocycles. The molecule has 1 saturated heterocycles. The third kappa shape index (κ3) is 12.7. The van der Waals surface area contributed by atoms with Gasteiger partial charge in [0.15, 0.2) is 6.29 Å². The first-order valence-corrected chi connectivity index (χ1v) is 11.9. The fourth-order valence-corrected chi connectivity index (χ4v) is 3.47. The van der Waals surface area contributed by atoms with Crippen molar-refractivity contribution in [3.63, 3.8) is 0 Å². The van der Waals surface area contributed by atoms with Crippen molar-refractivity contribution in [1.29, 1.82) is 0 Å². The van der Waals surface area contributed by atoms with Crippen LogP contribution >= 0.6 is 0 Å². The molecule has 0 bridgehead atoms. The molecular weight excluding hydrogens is 400 g/mol. The largest absolute Gasteiger partial charge is 0.394 e. The molecule has 4 N–H and O–H groups in total. The van der Waals surface area contributed by atoms with Crippen LogP contribution in [-0.2, 0) is 14.2 Å². The minimum atomic E-state index is -1.51. The smallest absolute Gasteiger partial charge is 0.184 e. The number of hydrogen-bond donors (Lipinski definition) is 4. The Balaban J connectivity index is 1.93. The van der Waals surface area contributed by atoms with Crippen LogP contribution in [0.4, 0.5) is 0 Å². The second-order valence-electron chi connectivity index (χ2n) is 8.12. The lowest BCUT2D eigenvalue weighted by atomic mass is 9.99. The second-order valence-corrected chi connectivity index (χ2v) is 8.12. The van der Waals surface area contributed by atoms with Crippen LogP contribution in [0.1, 0.15) is 77.6 Å². The van der Waals surface area contributed by atoms with Gasteiger partial charge in [0.1, 0.15) is 31.2 Å². The van der Waals surface area contributed by atoms with Gasteiger partial charge in [-0.2, -0.15) is 0 Å². The molecule has 0 spiro atoms. The van der Waals surface area contributed by atoms with E-state index < -0.39 is 37.3 Å². The molecule has 7 heteroatoms. The quantitative estimate of drug-likeness (QED) is 0.146. The summed E-state index contributed by atoms with van der Waals surface area (Å²) in [5.74, 6) is 0. The summed E-state index contributed by atoms with van der Waals surface area (Å²) in [4.78, 5) is 0. The Bertz CT molecular complexity index is 469. The lowest BCUT2D eigenvalue weighted by molar-refractivity contribution is -0.303. The summed E-state index contributed by atoms with van der Waals surface area (Å²) in [6, 6.07) is 0. The zero-order valence-corrected chi connectivity index (χ0v) is 19.1. The predicted octanol–water partition coefficient (Wildman–Crippen LogP) is 3.20. The Morgan fingerprint density at radius 2 is 1.45 bits per heavy atom. The zero-order valence-electron chi connectivity index (χ0n) is 19.1. The first kappa shape index (κ1) is 28.2. The molecule has 0 radical (unpaired) electrons. The summed E-state index contributed by atoms with van der Waals surface area (Å²) in [6.45, 7) is 2.19. The van der Waals surface area contributed by atoms with E-state index in [1.165, 1.54) is 38.5 Å². The third-order valence-corrected chi connectivity index (χ3v) is 5.42. The fourth-order valence-electron chi connectivity index (χ4n) is 3.47. The van der Waals surface area contributed by atoms with Gasteiger partial charge < -0.3 is 34.6 Å². The van der Waals surface area contributed by atoms with Crippen molar-refractivity contribution in [3.05, 3.63) is 24.3 Å². The molecule has 1 heterocycles. The van der Waals surface area contributed by atoms with Gasteiger partial charge in [0.25, 0.3) is 0 Å². The van der Waals surface area contributed by atoms with Crippen LogP contribution < -0.4 is 0 Å². The van der Waals surface area contributed by atoms with Crippen molar-refractivity contribution >= 4 is 0 Å². The SMILES string of the molecule is CCCCC/C=C\C/C=C\CCCCCCCOCOC1C(O)C(O)OC(CO)C1O. The van der Waals surface area contributed by atoms with Crippen molar-refractivity contribution in [1.82, 2.24) is 0 Å². The Morgan fingerprint density at radius 1 is 0.806 bits per heavy atom. The maximum atomic E-state index is 10.0. The van der Waals surface area contributed by atoms with Crippen molar-refractivity contribution in [2.24, 2.45) is 0 Å². The molecule has 0 aromatic carbocycles. The number of aliphatic hydroxyl groups is 4. The molecule has 0 saturated carbocycles. The number of aliphatic hydroxyl groups excluding tert-OH is 4. The predicted molar refractivity (Wildman–Crippen MR) is 120 cm³/mol. The Labute approximate surface area is 187 Å². The van der Waals surface area contributed by atoms with E-state index in [0.29, 0.717) is 6.61 Å². The van der Waals surface area contributed by atoms with Crippen LogP contribution in [0, 0.1) is 0 Å². The van der Waals surface area contributed by atoms with Gasteiger partial charge in [-0.1, -0.05) is 63.3 Å². The van der Waals surface area contributed by atoms with Gasteiger partial charge in [0, 0.05) is 6.61 Å². The maximum Gasteiger partial charge on any atom is 0.184 e. The molecule has 0 aromatic heterocycles. The highest BCUT2D eigenvalue weighted by atomic mass is 16.7. The Morgan fingerprint density at radius 3 is 2.13 bits per heavy atom. The first-order chi connectivity index (χ1) is 15.1. The minimum absolute atomic E-state index is 0.0957. The molecule has 5 unspecified atom stereocenters. The summed E-state index contributed by atoms with van der Waals surface area (Å²) in [6.07, 6.45) is 15.7. The van der Waals surface area contributed by atoms with E-state index in [1.807, 2.05) is 0 Å². The lowest BCUT2D eigenvalue weighted by Crippen LogP contribution is -2.59. The number of rotatable bonds is 18. The highest BCUT2D eigenvalue weighted by Crippen LogP contribution is 2.22. The maximum absolute atomic E-state index is 10.0. The number of hydrogen-bond acceptors (Lipinski definition) is 7. The van der Waals surface area contributed by atoms with Crippen LogP contribution in [0.3, 0.4) is 0 Å². The minimum Gasteiger partial charge on any atom is -0.394 e. The topological polar surface area (TPSA) is 109 Å². The van der Waals surface area contributed by atoms with Crippen LogP contribution in [0.15, 0.2) is 24.3 Å². The number of allylic oxidation sites excluding steroid dienone is 4. The standard InChI is InChI=1S/C24H44O7/c1-2-3-4-5-6-7-8-9-10-11-12-13-14-15-16-17-29-19-30-23-21(26)20(18-25)31-24(28)22(23)27/h6-7,9-10,20-28H,2-5,8,11-19H2,1H3/b7-6-,10-9-. The molecule has 1 aliphatic heterocycles. The molecular formula is C24H44O7. The molecule has 0 amide bonds. The molecule has 5 atom stereocenters. The summed E-state index contributed by atoms with van der Waals surface area (Å²) in [5.41, 5.74) is 0. The molecule has 31 heavy (non-hydrogen) atoms. The van der Waals surface area contributed by atoms with Gasteiger partial charge in [-0.25, -0.2) is 0 Å². The highest BCUT2D eigenvalue weighted by Gasteiger charge is 2.44. The van der Waals surface area contributed by atoms with Crippen molar-refractivity contribution in [2.45, 2.75) is 108 Å². The molecule has 182 valence electrons. The average Bonchev–Trinajstić information content (AvgIpc) is 2.77. The Hall–Kier alpha value is -0.800. The lowest BCUT2D eigenvalue weighted by Gasteiger charge is -2.39. The van der Waals surface area contributed by atoms with E-state index in [2.05, 4.69) is 31.2 Å². The van der Waals surface area contributed by atoms with Gasteiger partial charge in [0.05, 0.1) is 6.61 Å².